The number of hydrogen-bond acceptors (Lipinski definition) is 5. The summed E-state index contributed by atoms with van der Waals surface area (Å²) in [6.07, 6.45) is 1.55. The Kier molecular flexibility index (Phi) is 5.09. The van der Waals surface area contributed by atoms with Crippen molar-refractivity contribution in [1.82, 2.24) is 10.1 Å². The van der Waals surface area contributed by atoms with Gasteiger partial charge in [-0.2, -0.15) is 4.98 Å². The van der Waals surface area contributed by atoms with Gasteiger partial charge in [-0.25, -0.2) is 0 Å². The van der Waals surface area contributed by atoms with Gasteiger partial charge < -0.3 is 9.26 Å². The Labute approximate surface area is 124 Å². The maximum absolute atomic E-state index is 11.9. The van der Waals surface area contributed by atoms with Crippen LogP contribution in [0.3, 0.4) is 0 Å². The van der Waals surface area contributed by atoms with E-state index in [2.05, 4.69) is 17.1 Å². The number of rotatable bonds is 6. The first-order valence-corrected chi connectivity index (χ1v) is 7.29. The number of aromatic nitrogens is 2. The molecule has 0 fully saturated rings. The second kappa shape index (κ2) is 7.02. The third-order valence-electron chi connectivity index (χ3n) is 3.34. The molecule has 2 aromatic rings. The molecule has 0 aliphatic rings. The molecule has 112 valence electrons. The number of carbonyl (C=O) groups excluding carboxylic acids is 1. The molecule has 1 aromatic carbocycles. The van der Waals surface area contributed by atoms with E-state index < -0.39 is 5.92 Å². The first kappa shape index (κ1) is 15.2. The van der Waals surface area contributed by atoms with E-state index in [1.54, 1.807) is 6.92 Å². The summed E-state index contributed by atoms with van der Waals surface area (Å²) in [5.41, 5.74) is 2.13. The van der Waals surface area contributed by atoms with Crippen molar-refractivity contribution in [2.75, 3.05) is 6.61 Å². The van der Waals surface area contributed by atoms with Gasteiger partial charge in [-0.1, -0.05) is 43.3 Å². The van der Waals surface area contributed by atoms with Gasteiger partial charge in [-0.3, -0.25) is 4.79 Å². The van der Waals surface area contributed by atoms with Gasteiger partial charge >= 0.3 is 5.97 Å². The fourth-order valence-corrected chi connectivity index (χ4v) is 2.07. The second-order valence-corrected chi connectivity index (χ2v) is 4.72. The molecule has 2 rings (SSSR count). The van der Waals surface area contributed by atoms with Crippen LogP contribution in [0.1, 0.15) is 44.6 Å². The Morgan fingerprint density at radius 2 is 1.95 bits per heavy atom. The van der Waals surface area contributed by atoms with Crippen LogP contribution in [0.15, 0.2) is 28.8 Å². The predicted molar refractivity (Wildman–Crippen MR) is 78.8 cm³/mol. The molecule has 5 heteroatoms. The highest BCUT2D eigenvalue weighted by molar-refractivity contribution is 5.76. The largest absolute Gasteiger partial charge is 0.465 e. The maximum Gasteiger partial charge on any atom is 0.318 e. The van der Waals surface area contributed by atoms with Crippen LogP contribution in [0.4, 0.5) is 0 Å². The molecule has 5 nitrogen and oxygen atoms in total. The van der Waals surface area contributed by atoms with Gasteiger partial charge in [-0.05, 0) is 25.3 Å². The lowest BCUT2D eigenvalue weighted by Crippen LogP contribution is -2.15. The number of benzene rings is 1. The number of aryl methyl sites for hydroxylation is 1. The van der Waals surface area contributed by atoms with Crippen molar-refractivity contribution < 1.29 is 14.1 Å². The predicted octanol–water partition coefficient (Wildman–Crippen LogP) is 3.36. The standard InChI is InChI=1S/C16H20N2O3/c1-4-11-7-9-12(10-8-11)14-17-15(21-18-14)13(5-2)16(19)20-6-3/h7-10,13H,4-6H2,1-3H3. The van der Waals surface area contributed by atoms with Gasteiger partial charge in [0.15, 0.2) is 0 Å². The highest BCUT2D eigenvalue weighted by atomic mass is 16.5. The Hall–Kier alpha value is -2.17. The van der Waals surface area contributed by atoms with E-state index in [-0.39, 0.29) is 5.97 Å². The molecule has 0 saturated heterocycles. The van der Waals surface area contributed by atoms with Crippen molar-refractivity contribution in [2.45, 2.75) is 39.5 Å². The molecule has 0 radical (unpaired) electrons. The molecular formula is C16H20N2O3. The van der Waals surface area contributed by atoms with Gasteiger partial charge in [0, 0.05) is 5.56 Å². The van der Waals surface area contributed by atoms with E-state index in [0.29, 0.717) is 24.7 Å². The Bertz CT molecular complexity index is 590. The minimum absolute atomic E-state index is 0.311. The minimum atomic E-state index is -0.499. The SMILES string of the molecule is CCOC(=O)C(CC)c1nc(-c2ccc(CC)cc2)no1. The summed E-state index contributed by atoms with van der Waals surface area (Å²) < 4.78 is 10.3. The molecule has 1 aromatic heterocycles. The van der Waals surface area contributed by atoms with Crippen molar-refractivity contribution in [3.05, 3.63) is 35.7 Å². The highest BCUT2D eigenvalue weighted by Gasteiger charge is 2.26. The number of ether oxygens (including phenoxy) is 1. The van der Waals surface area contributed by atoms with Gasteiger partial charge in [0.1, 0.15) is 5.92 Å². The molecule has 0 spiro atoms. The zero-order chi connectivity index (χ0) is 15.2. The van der Waals surface area contributed by atoms with E-state index in [0.717, 1.165) is 12.0 Å². The summed E-state index contributed by atoms with van der Waals surface area (Å²) in [5.74, 6) is -0.0152. The van der Waals surface area contributed by atoms with E-state index in [4.69, 9.17) is 9.26 Å². The third-order valence-corrected chi connectivity index (χ3v) is 3.34. The summed E-state index contributed by atoms with van der Waals surface area (Å²) in [6.45, 7) is 6.11. The Morgan fingerprint density at radius 3 is 2.52 bits per heavy atom. The first-order chi connectivity index (χ1) is 10.2. The molecule has 0 N–H and O–H groups in total. The van der Waals surface area contributed by atoms with Crippen LogP contribution in [0.25, 0.3) is 11.4 Å². The second-order valence-electron chi connectivity index (χ2n) is 4.72. The molecule has 0 amide bonds. The summed E-state index contributed by atoms with van der Waals surface area (Å²) in [7, 11) is 0. The topological polar surface area (TPSA) is 65.2 Å². The van der Waals surface area contributed by atoms with E-state index >= 15 is 0 Å². The molecule has 1 heterocycles. The van der Waals surface area contributed by atoms with Crippen molar-refractivity contribution in [1.29, 1.82) is 0 Å². The average Bonchev–Trinajstić information content (AvgIpc) is 2.98. The molecule has 0 aliphatic carbocycles. The van der Waals surface area contributed by atoms with Gasteiger partial charge in [0.25, 0.3) is 0 Å². The summed E-state index contributed by atoms with van der Waals surface area (Å²) in [6, 6.07) is 7.99. The van der Waals surface area contributed by atoms with Gasteiger partial charge in [0.05, 0.1) is 6.61 Å². The zero-order valence-corrected chi connectivity index (χ0v) is 12.6. The van der Waals surface area contributed by atoms with Crippen LogP contribution in [-0.4, -0.2) is 22.7 Å². The highest BCUT2D eigenvalue weighted by Crippen LogP contribution is 2.23. The van der Waals surface area contributed by atoms with Crippen LogP contribution in [0.2, 0.25) is 0 Å². The Balaban J connectivity index is 2.21. The Morgan fingerprint density at radius 1 is 1.24 bits per heavy atom. The van der Waals surface area contributed by atoms with E-state index in [9.17, 15) is 4.79 Å². The lowest BCUT2D eigenvalue weighted by molar-refractivity contribution is -0.145. The molecule has 0 saturated carbocycles. The molecule has 1 unspecified atom stereocenters. The number of nitrogens with zero attached hydrogens (tertiary/aromatic N) is 2. The number of hydrogen-bond donors (Lipinski definition) is 0. The fourth-order valence-electron chi connectivity index (χ4n) is 2.07. The minimum Gasteiger partial charge on any atom is -0.465 e. The molecule has 21 heavy (non-hydrogen) atoms. The van der Waals surface area contributed by atoms with Crippen LogP contribution >= 0.6 is 0 Å². The van der Waals surface area contributed by atoms with Crippen molar-refractivity contribution in [3.63, 3.8) is 0 Å². The normalized spacial score (nSPS) is 12.1. The zero-order valence-electron chi connectivity index (χ0n) is 12.6. The smallest absolute Gasteiger partial charge is 0.318 e. The maximum atomic E-state index is 11.9. The quantitative estimate of drug-likeness (QED) is 0.763. The number of esters is 1. The molecular weight excluding hydrogens is 268 g/mol. The van der Waals surface area contributed by atoms with Gasteiger partial charge in [-0.15, -0.1) is 0 Å². The third kappa shape index (κ3) is 3.48. The molecule has 0 aliphatic heterocycles. The summed E-state index contributed by atoms with van der Waals surface area (Å²) in [4.78, 5) is 16.2. The lowest BCUT2D eigenvalue weighted by atomic mass is 10.1. The van der Waals surface area contributed by atoms with Crippen LogP contribution < -0.4 is 0 Å². The number of carbonyl (C=O) groups is 1. The lowest BCUT2D eigenvalue weighted by Gasteiger charge is -2.08. The summed E-state index contributed by atoms with van der Waals surface area (Å²) >= 11 is 0. The van der Waals surface area contributed by atoms with Crippen molar-refractivity contribution in [2.24, 2.45) is 0 Å². The van der Waals surface area contributed by atoms with Crippen LogP contribution in [0.5, 0.6) is 0 Å². The molecule has 0 bridgehead atoms. The van der Waals surface area contributed by atoms with E-state index in [1.807, 2.05) is 31.2 Å². The average molecular weight is 288 g/mol. The van der Waals surface area contributed by atoms with E-state index in [1.165, 1.54) is 5.56 Å². The first-order valence-electron chi connectivity index (χ1n) is 7.29. The van der Waals surface area contributed by atoms with Crippen molar-refractivity contribution >= 4 is 5.97 Å². The summed E-state index contributed by atoms with van der Waals surface area (Å²) in [5, 5.41) is 3.96. The van der Waals surface area contributed by atoms with Gasteiger partial charge in [0.2, 0.25) is 11.7 Å². The monoisotopic (exact) mass is 288 g/mol. The van der Waals surface area contributed by atoms with Crippen LogP contribution in [-0.2, 0) is 16.0 Å². The molecule has 1 atom stereocenters. The fraction of sp³-hybridized carbons (Fsp3) is 0.438. The van der Waals surface area contributed by atoms with Crippen LogP contribution in [0, 0.1) is 0 Å². The van der Waals surface area contributed by atoms with Crippen molar-refractivity contribution in [3.8, 4) is 11.4 Å².